The van der Waals surface area contributed by atoms with E-state index in [1.165, 1.54) is 0 Å². The third-order valence-electron chi connectivity index (χ3n) is 4.73. The number of hydrogen-bond acceptors (Lipinski definition) is 2. The smallest absolute Gasteiger partial charge is 0.278 e. The number of rotatable bonds is 7. The molecule has 1 unspecified atom stereocenters. The third-order valence-corrected chi connectivity index (χ3v) is 5.10. The van der Waals surface area contributed by atoms with Crippen molar-refractivity contribution < 1.29 is 14.5 Å². The molecule has 0 spiro atoms. The van der Waals surface area contributed by atoms with E-state index in [2.05, 4.69) is 10.6 Å². The van der Waals surface area contributed by atoms with Gasteiger partial charge in [0.2, 0.25) is 5.91 Å². The fourth-order valence-corrected chi connectivity index (χ4v) is 3.04. The Labute approximate surface area is 165 Å². The van der Waals surface area contributed by atoms with Crippen molar-refractivity contribution in [1.29, 1.82) is 0 Å². The maximum Gasteiger partial charge on any atom is 0.278 e. The number of benzene rings is 2. The van der Waals surface area contributed by atoms with Crippen LogP contribution in [0.4, 0.5) is 5.69 Å². The molecule has 0 radical (unpaired) electrons. The number of halogens is 1. The summed E-state index contributed by atoms with van der Waals surface area (Å²) in [7, 11) is 1.93. The molecule has 0 aliphatic rings. The van der Waals surface area contributed by atoms with E-state index in [0.717, 1.165) is 27.3 Å². The molecule has 6 heteroatoms. The Kier molecular flexibility index (Phi) is 7.39. The van der Waals surface area contributed by atoms with Gasteiger partial charge in [-0.05, 0) is 38.0 Å². The topological polar surface area (TPSA) is 62.6 Å². The zero-order valence-corrected chi connectivity index (χ0v) is 17.0. The zero-order chi connectivity index (χ0) is 20.0. The number of aryl methyl sites for hydroxylation is 2. The quantitative estimate of drug-likeness (QED) is 0.680. The van der Waals surface area contributed by atoms with E-state index in [0.29, 0.717) is 11.6 Å². The molecule has 0 saturated heterocycles. The fourth-order valence-electron chi connectivity index (χ4n) is 2.83. The van der Waals surface area contributed by atoms with Gasteiger partial charge in [0.15, 0.2) is 6.04 Å². The summed E-state index contributed by atoms with van der Waals surface area (Å²) >= 11 is 6.19. The highest BCUT2D eigenvalue weighted by Crippen LogP contribution is 2.19. The van der Waals surface area contributed by atoms with Gasteiger partial charge in [0, 0.05) is 16.3 Å². The van der Waals surface area contributed by atoms with Crippen LogP contribution in [0.5, 0.6) is 0 Å². The van der Waals surface area contributed by atoms with Crippen molar-refractivity contribution in [2.24, 2.45) is 0 Å². The van der Waals surface area contributed by atoms with Crippen LogP contribution in [0.1, 0.15) is 23.6 Å². The van der Waals surface area contributed by atoms with Crippen LogP contribution in [0.2, 0.25) is 5.02 Å². The summed E-state index contributed by atoms with van der Waals surface area (Å²) < 4.78 is 0. The van der Waals surface area contributed by atoms with Crippen LogP contribution in [0.3, 0.4) is 0 Å². The number of carbonyl (C=O) groups is 2. The first-order valence-electron chi connectivity index (χ1n) is 8.99. The highest BCUT2D eigenvalue weighted by atomic mass is 35.5. The van der Waals surface area contributed by atoms with Crippen LogP contribution >= 0.6 is 11.6 Å². The first-order valence-corrected chi connectivity index (χ1v) is 9.37. The number of quaternary nitrogens is 1. The van der Waals surface area contributed by atoms with E-state index in [9.17, 15) is 9.59 Å². The molecular formula is C21H27ClN3O2+. The van der Waals surface area contributed by atoms with Gasteiger partial charge in [0.1, 0.15) is 6.54 Å². The molecule has 0 bridgehead atoms. The van der Waals surface area contributed by atoms with Gasteiger partial charge in [-0.25, -0.2) is 0 Å². The Morgan fingerprint density at radius 2 is 1.70 bits per heavy atom. The number of anilines is 1. The zero-order valence-electron chi connectivity index (χ0n) is 16.2. The van der Waals surface area contributed by atoms with Crippen molar-refractivity contribution in [3.05, 3.63) is 64.2 Å². The predicted octanol–water partition coefficient (Wildman–Crippen LogP) is 2.11. The molecule has 3 N–H and O–H groups in total. The minimum absolute atomic E-state index is 0.0592. The van der Waals surface area contributed by atoms with Crippen LogP contribution in [-0.2, 0) is 16.1 Å². The standard InChI is InChI=1S/C21H26ClN3O2/c1-14-8-7-9-15(2)20(14)24-19(26)12-23-21(27)16(3)25(4)13-17-10-5-6-11-18(17)22/h5-11,16H,12-13H2,1-4H3,(H,23,27)(H,24,26)/p+1/t16-/m1/s1. The minimum Gasteiger partial charge on any atom is -0.342 e. The second kappa shape index (κ2) is 9.53. The third kappa shape index (κ3) is 5.81. The molecule has 2 amide bonds. The average molecular weight is 389 g/mol. The molecular weight excluding hydrogens is 362 g/mol. The first-order chi connectivity index (χ1) is 12.8. The molecule has 0 heterocycles. The van der Waals surface area contributed by atoms with Crippen LogP contribution in [0, 0.1) is 13.8 Å². The molecule has 2 rings (SSSR count). The van der Waals surface area contributed by atoms with Gasteiger partial charge in [0.25, 0.3) is 5.91 Å². The summed E-state index contributed by atoms with van der Waals surface area (Å²) in [6.07, 6.45) is 0. The van der Waals surface area contributed by atoms with Gasteiger partial charge in [-0.1, -0.05) is 48.0 Å². The number of hydrogen-bond donors (Lipinski definition) is 3. The van der Waals surface area contributed by atoms with E-state index < -0.39 is 0 Å². The van der Waals surface area contributed by atoms with E-state index in [4.69, 9.17) is 11.6 Å². The summed E-state index contributed by atoms with van der Waals surface area (Å²) in [6, 6.07) is 13.1. The lowest BCUT2D eigenvalue weighted by molar-refractivity contribution is -0.908. The van der Waals surface area contributed by atoms with Crippen LogP contribution in [0.15, 0.2) is 42.5 Å². The van der Waals surface area contributed by atoms with Crippen LogP contribution in [0.25, 0.3) is 0 Å². The molecule has 27 heavy (non-hydrogen) atoms. The highest BCUT2D eigenvalue weighted by Gasteiger charge is 2.23. The van der Waals surface area contributed by atoms with Crippen molar-refractivity contribution in [3.63, 3.8) is 0 Å². The second-order valence-corrected chi connectivity index (χ2v) is 7.28. The van der Waals surface area contributed by atoms with E-state index in [1.807, 2.05) is 70.3 Å². The largest absolute Gasteiger partial charge is 0.342 e. The molecule has 0 fully saturated rings. The summed E-state index contributed by atoms with van der Waals surface area (Å²) in [5.74, 6) is -0.409. The predicted molar refractivity (Wildman–Crippen MR) is 109 cm³/mol. The molecule has 5 nitrogen and oxygen atoms in total. The number of para-hydroxylation sites is 1. The summed E-state index contributed by atoms with van der Waals surface area (Å²) in [6.45, 7) is 6.29. The van der Waals surface area contributed by atoms with Crippen molar-refractivity contribution in [1.82, 2.24) is 5.32 Å². The lowest BCUT2D eigenvalue weighted by Crippen LogP contribution is -3.12. The summed E-state index contributed by atoms with van der Waals surface area (Å²) in [4.78, 5) is 25.6. The van der Waals surface area contributed by atoms with E-state index in [1.54, 1.807) is 0 Å². The number of likely N-dealkylation sites (N-methyl/N-ethyl adjacent to an activating group) is 1. The molecule has 0 aliphatic heterocycles. The minimum atomic E-state index is -0.311. The Hall–Kier alpha value is -2.37. The Bertz CT molecular complexity index is 803. The summed E-state index contributed by atoms with van der Waals surface area (Å²) in [5, 5.41) is 6.28. The molecule has 2 atom stereocenters. The Morgan fingerprint density at radius 3 is 2.33 bits per heavy atom. The van der Waals surface area contributed by atoms with E-state index in [-0.39, 0.29) is 24.4 Å². The van der Waals surface area contributed by atoms with Crippen molar-refractivity contribution in [3.8, 4) is 0 Å². The molecule has 0 aliphatic carbocycles. The highest BCUT2D eigenvalue weighted by molar-refractivity contribution is 6.31. The molecule has 2 aromatic carbocycles. The van der Waals surface area contributed by atoms with Crippen molar-refractivity contribution in [2.75, 3.05) is 18.9 Å². The van der Waals surface area contributed by atoms with E-state index >= 15 is 0 Å². The Morgan fingerprint density at radius 1 is 1.07 bits per heavy atom. The number of amides is 2. The maximum absolute atomic E-state index is 12.4. The maximum atomic E-state index is 12.4. The van der Waals surface area contributed by atoms with Gasteiger partial charge in [-0.3, -0.25) is 9.59 Å². The second-order valence-electron chi connectivity index (χ2n) is 6.87. The van der Waals surface area contributed by atoms with Gasteiger partial charge in [-0.2, -0.15) is 0 Å². The fraction of sp³-hybridized carbons (Fsp3) is 0.333. The Balaban J connectivity index is 1.87. The lowest BCUT2D eigenvalue weighted by atomic mass is 10.1. The summed E-state index contributed by atoms with van der Waals surface area (Å²) in [5.41, 5.74) is 3.77. The normalized spacial score (nSPS) is 12.9. The van der Waals surface area contributed by atoms with Gasteiger partial charge >= 0.3 is 0 Å². The first kappa shape index (κ1) is 20.9. The van der Waals surface area contributed by atoms with Crippen LogP contribution in [-0.4, -0.2) is 31.4 Å². The average Bonchev–Trinajstić information content (AvgIpc) is 2.64. The lowest BCUT2D eigenvalue weighted by Gasteiger charge is -2.21. The van der Waals surface area contributed by atoms with Crippen molar-refractivity contribution >= 4 is 29.1 Å². The van der Waals surface area contributed by atoms with Crippen molar-refractivity contribution in [2.45, 2.75) is 33.4 Å². The molecule has 144 valence electrons. The van der Waals surface area contributed by atoms with Gasteiger partial charge in [0.05, 0.1) is 13.6 Å². The number of carbonyl (C=O) groups excluding carboxylic acids is 2. The monoisotopic (exact) mass is 388 g/mol. The van der Waals surface area contributed by atoms with Gasteiger partial charge in [-0.15, -0.1) is 0 Å². The SMILES string of the molecule is Cc1cccc(C)c1NC(=O)CNC(=O)[C@@H](C)[NH+](C)Cc1ccccc1Cl. The van der Waals surface area contributed by atoms with Crippen LogP contribution < -0.4 is 15.5 Å². The molecule has 0 saturated carbocycles. The molecule has 2 aromatic rings. The number of nitrogens with one attached hydrogen (secondary N) is 3. The molecule has 0 aromatic heterocycles. The van der Waals surface area contributed by atoms with Gasteiger partial charge < -0.3 is 15.5 Å².